The van der Waals surface area contributed by atoms with Gasteiger partial charge in [-0.1, -0.05) is 0 Å². The first kappa shape index (κ1) is 23.3. The van der Waals surface area contributed by atoms with Crippen molar-refractivity contribution in [3.8, 4) is 45.6 Å². The molecule has 4 rings (SSSR count). The largest absolute Gasteiger partial charge is 0.493 e. The minimum Gasteiger partial charge on any atom is -0.493 e. The number of aliphatic hydroxyl groups excluding tert-OH is 2. The Bertz CT molecular complexity index is 1050. The fraction of sp³-hybridized carbons (Fsp3) is 0.500. The Morgan fingerprint density at radius 3 is 1.82 bits per heavy atom. The van der Waals surface area contributed by atoms with E-state index in [0.717, 1.165) is 11.1 Å². The van der Waals surface area contributed by atoms with E-state index in [9.17, 15) is 10.2 Å². The van der Waals surface area contributed by atoms with Crippen LogP contribution in [0.3, 0.4) is 0 Å². The summed E-state index contributed by atoms with van der Waals surface area (Å²) in [5, 5.41) is 20.6. The zero-order chi connectivity index (χ0) is 23.9. The van der Waals surface area contributed by atoms with E-state index in [1.807, 2.05) is 12.1 Å². The van der Waals surface area contributed by atoms with Crippen LogP contribution >= 0.6 is 0 Å². The van der Waals surface area contributed by atoms with Crippen molar-refractivity contribution in [2.45, 2.75) is 18.1 Å². The van der Waals surface area contributed by atoms with Crippen molar-refractivity contribution in [1.29, 1.82) is 0 Å². The highest BCUT2D eigenvalue weighted by Gasteiger charge is 2.63. The third-order valence-electron chi connectivity index (χ3n) is 6.65. The maximum Gasteiger partial charge on any atom is 0.203 e. The minimum atomic E-state index is -0.938. The van der Waals surface area contributed by atoms with Crippen LogP contribution in [0.1, 0.15) is 17.2 Å². The predicted molar refractivity (Wildman–Crippen MR) is 119 cm³/mol. The molecule has 3 atom stereocenters. The average molecular weight is 462 g/mol. The fourth-order valence-electron chi connectivity index (χ4n) is 5.01. The number of hydrogen-bond donors (Lipinski definition) is 2. The maximum atomic E-state index is 10.3. The monoisotopic (exact) mass is 462 g/mol. The molecule has 2 aromatic rings. The van der Waals surface area contributed by atoms with E-state index in [4.69, 9.17) is 33.2 Å². The predicted octanol–water partition coefficient (Wildman–Crippen LogP) is 2.37. The summed E-state index contributed by atoms with van der Waals surface area (Å²) in [6, 6.07) is 3.67. The Morgan fingerprint density at radius 1 is 0.788 bits per heavy atom. The van der Waals surface area contributed by atoms with Crippen molar-refractivity contribution < 1.29 is 43.4 Å². The molecule has 0 aromatic heterocycles. The number of hydrogen-bond acceptors (Lipinski definition) is 9. The first-order valence-corrected chi connectivity index (χ1v) is 10.5. The standard InChI is InChI=1S/C24H30O9/c1-27-15-8-12-7-13(10-25)24(11-26)23(33-24)14-9-16(28-2)20(30-4)22(32-6)18(14)17(12)21(31-5)19(15)29-3/h8-9,13,23,25-26H,7,10-11H2,1-6H3/t13-,23+,24-/m1/s1. The van der Waals surface area contributed by atoms with Gasteiger partial charge < -0.3 is 43.4 Å². The Labute approximate surface area is 192 Å². The van der Waals surface area contributed by atoms with Gasteiger partial charge in [0.25, 0.3) is 0 Å². The van der Waals surface area contributed by atoms with E-state index in [1.54, 1.807) is 35.5 Å². The highest BCUT2D eigenvalue weighted by Crippen LogP contribution is 2.64. The van der Waals surface area contributed by atoms with Crippen LogP contribution in [0.15, 0.2) is 12.1 Å². The molecule has 9 nitrogen and oxygen atoms in total. The third-order valence-corrected chi connectivity index (χ3v) is 6.65. The molecule has 180 valence electrons. The highest BCUT2D eigenvalue weighted by atomic mass is 16.6. The van der Waals surface area contributed by atoms with Crippen molar-refractivity contribution >= 4 is 0 Å². The molecular weight excluding hydrogens is 432 g/mol. The summed E-state index contributed by atoms with van der Waals surface area (Å²) < 4.78 is 40.3. The molecule has 0 radical (unpaired) electrons. The molecule has 0 saturated carbocycles. The van der Waals surface area contributed by atoms with Crippen LogP contribution < -0.4 is 28.4 Å². The van der Waals surface area contributed by atoms with Crippen molar-refractivity contribution in [3.05, 3.63) is 23.3 Å². The number of fused-ring (bicyclic) bond motifs is 5. The summed E-state index contributed by atoms with van der Waals surface area (Å²) in [6.07, 6.45) is -0.0920. The summed E-state index contributed by atoms with van der Waals surface area (Å²) in [4.78, 5) is 0. The van der Waals surface area contributed by atoms with Crippen LogP contribution in [0.4, 0.5) is 0 Å². The summed E-state index contributed by atoms with van der Waals surface area (Å²) in [7, 11) is 9.27. The van der Waals surface area contributed by atoms with E-state index >= 15 is 0 Å². The van der Waals surface area contributed by atoms with Gasteiger partial charge in [-0.3, -0.25) is 0 Å². The fourth-order valence-corrected chi connectivity index (χ4v) is 5.01. The first-order valence-electron chi connectivity index (χ1n) is 10.5. The van der Waals surface area contributed by atoms with Crippen LogP contribution in [-0.4, -0.2) is 71.7 Å². The number of methoxy groups -OCH3 is 6. The molecule has 0 unspecified atom stereocenters. The van der Waals surface area contributed by atoms with E-state index in [-0.39, 0.29) is 19.1 Å². The number of ether oxygens (including phenoxy) is 7. The maximum absolute atomic E-state index is 10.3. The summed E-state index contributed by atoms with van der Waals surface area (Å²) >= 11 is 0. The van der Waals surface area contributed by atoms with Crippen LogP contribution in [0, 0.1) is 5.92 Å². The molecule has 2 aliphatic rings. The third kappa shape index (κ3) is 3.25. The van der Waals surface area contributed by atoms with Crippen molar-refractivity contribution in [2.24, 2.45) is 5.92 Å². The van der Waals surface area contributed by atoms with Gasteiger partial charge in [0.05, 0.1) is 49.3 Å². The van der Waals surface area contributed by atoms with Gasteiger partial charge in [-0.05, 0) is 29.7 Å². The lowest BCUT2D eigenvalue weighted by Crippen LogP contribution is -2.34. The summed E-state index contributed by atoms with van der Waals surface area (Å²) in [5.74, 6) is 2.29. The second-order valence-corrected chi connectivity index (χ2v) is 7.98. The van der Waals surface area contributed by atoms with Gasteiger partial charge in [-0.15, -0.1) is 0 Å². The summed E-state index contributed by atoms with van der Waals surface area (Å²) in [5.41, 5.74) is 2.00. The molecule has 33 heavy (non-hydrogen) atoms. The molecule has 1 saturated heterocycles. The molecule has 1 aliphatic carbocycles. The smallest absolute Gasteiger partial charge is 0.203 e. The molecule has 1 aliphatic heterocycles. The van der Waals surface area contributed by atoms with Crippen molar-refractivity contribution in [1.82, 2.24) is 0 Å². The zero-order valence-corrected chi connectivity index (χ0v) is 19.7. The van der Waals surface area contributed by atoms with Crippen LogP contribution in [0.5, 0.6) is 34.5 Å². The second kappa shape index (κ2) is 8.81. The number of benzene rings is 2. The molecule has 9 heteroatoms. The van der Waals surface area contributed by atoms with Crippen LogP contribution in [0.2, 0.25) is 0 Å². The van der Waals surface area contributed by atoms with Gasteiger partial charge in [0.15, 0.2) is 23.0 Å². The van der Waals surface area contributed by atoms with Crippen LogP contribution in [0.25, 0.3) is 11.1 Å². The Balaban J connectivity index is 2.17. The van der Waals surface area contributed by atoms with E-state index in [0.29, 0.717) is 52.0 Å². The van der Waals surface area contributed by atoms with E-state index in [2.05, 4.69) is 0 Å². The number of rotatable bonds is 8. The normalized spacial score (nSPS) is 22.7. The Hall–Kier alpha value is -2.88. The quantitative estimate of drug-likeness (QED) is 0.572. The number of epoxide rings is 1. The van der Waals surface area contributed by atoms with Crippen LogP contribution in [-0.2, 0) is 11.2 Å². The van der Waals surface area contributed by atoms with Gasteiger partial charge in [-0.25, -0.2) is 0 Å². The topological polar surface area (TPSA) is 108 Å². The Kier molecular flexibility index (Phi) is 6.22. The van der Waals surface area contributed by atoms with Gasteiger partial charge in [-0.2, -0.15) is 0 Å². The molecule has 2 N–H and O–H groups in total. The average Bonchev–Trinajstić information content (AvgIpc) is 3.58. The molecular formula is C24H30O9. The lowest BCUT2D eigenvalue weighted by atomic mass is 9.76. The lowest BCUT2D eigenvalue weighted by Gasteiger charge is -2.29. The minimum absolute atomic E-state index is 0.174. The SMILES string of the molecule is COc1cc2c(c(OC)c1OC)-c1c(cc(OC)c(OC)c1OC)[C@@H]1O[C@]1(CO)[C@@H](CO)C2. The van der Waals surface area contributed by atoms with Gasteiger partial charge in [0, 0.05) is 23.7 Å². The highest BCUT2D eigenvalue weighted by molar-refractivity contribution is 5.89. The van der Waals surface area contributed by atoms with Crippen molar-refractivity contribution in [3.63, 3.8) is 0 Å². The molecule has 0 amide bonds. The van der Waals surface area contributed by atoms with Gasteiger partial charge in [0.1, 0.15) is 11.7 Å². The van der Waals surface area contributed by atoms with Crippen molar-refractivity contribution in [2.75, 3.05) is 55.9 Å². The molecule has 0 spiro atoms. The first-order chi connectivity index (χ1) is 16.0. The molecule has 2 aromatic carbocycles. The molecule has 1 fully saturated rings. The van der Waals surface area contributed by atoms with E-state index < -0.39 is 11.7 Å². The van der Waals surface area contributed by atoms with Gasteiger partial charge >= 0.3 is 0 Å². The zero-order valence-electron chi connectivity index (χ0n) is 19.7. The lowest BCUT2D eigenvalue weighted by molar-refractivity contribution is 0.0823. The van der Waals surface area contributed by atoms with E-state index in [1.165, 1.54) is 7.11 Å². The number of aliphatic hydroxyl groups is 2. The molecule has 1 heterocycles. The van der Waals surface area contributed by atoms with Gasteiger partial charge in [0.2, 0.25) is 11.5 Å². The Morgan fingerprint density at radius 2 is 1.33 bits per heavy atom. The second-order valence-electron chi connectivity index (χ2n) is 7.98. The summed E-state index contributed by atoms with van der Waals surface area (Å²) in [6.45, 7) is -0.425. The molecule has 0 bridgehead atoms.